The van der Waals surface area contributed by atoms with Gasteiger partial charge in [0, 0.05) is 29.7 Å². The molecule has 5 heteroatoms. The van der Waals surface area contributed by atoms with Crippen molar-refractivity contribution in [2.45, 2.75) is 6.92 Å². The molecule has 0 bridgehead atoms. The van der Waals surface area contributed by atoms with Crippen LogP contribution < -0.4 is 5.32 Å². The molecule has 114 valence electrons. The molecule has 2 aromatic heterocycles. The summed E-state index contributed by atoms with van der Waals surface area (Å²) in [4.78, 5) is 20.9. The van der Waals surface area contributed by atoms with Crippen LogP contribution in [0.4, 0.5) is 5.69 Å². The van der Waals surface area contributed by atoms with Gasteiger partial charge in [0.25, 0.3) is 5.91 Å². The molecule has 0 saturated carbocycles. The van der Waals surface area contributed by atoms with Gasteiger partial charge in [0.15, 0.2) is 0 Å². The molecule has 3 rings (SSSR count). The number of anilines is 1. The number of pyridine rings is 2. The maximum absolute atomic E-state index is 12.3. The fraction of sp³-hybridized carbons (Fsp3) is 0.0556. The predicted molar refractivity (Wildman–Crippen MR) is 88.3 cm³/mol. The Balaban J connectivity index is 1.86. The molecule has 0 aliphatic heterocycles. The van der Waals surface area contributed by atoms with Crippen LogP contribution in [0.15, 0.2) is 60.9 Å². The van der Waals surface area contributed by atoms with Gasteiger partial charge in [0.05, 0.1) is 11.4 Å². The largest absolute Gasteiger partial charge is 0.508 e. The van der Waals surface area contributed by atoms with Gasteiger partial charge in [-0.25, -0.2) is 0 Å². The Morgan fingerprint density at radius 3 is 2.48 bits per heavy atom. The van der Waals surface area contributed by atoms with Crippen LogP contribution in [0.25, 0.3) is 11.4 Å². The summed E-state index contributed by atoms with van der Waals surface area (Å²) in [6, 6.07) is 13.6. The number of nitrogens with zero attached hydrogens (tertiary/aromatic N) is 2. The van der Waals surface area contributed by atoms with Gasteiger partial charge < -0.3 is 10.4 Å². The zero-order chi connectivity index (χ0) is 16.2. The van der Waals surface area contributed by atoms with Crippen molar-refractivity contribution in [3.63, 3.8) is 0 Å². The number of aryl methyl sites for hydroxylation is 1. The first-order valence-electron chi connectivity index (χ1n) is 7.11. The molecule has 0 unspecified atom stereocenters. The Morgan fingerprint density at radius 2 is 1.74 bits per heavy atom. The number of aromatic hydroxyl groups is 1. The molecule has 0 spiro atoms. The van der Waals surface area contributed by atoms with Crippen molar-refractivity contribution in [1.29, 1.82) is 0 Å². The van der Waals surface area contributed by atoms with E-state index >= 15 is 0 Å². The van der Waals surface area contributed by atoms with E-state index in [1.165, 1.54) is 6.07 Å². The maximum atomic E-state index is 12.3. The topological polar surface area (TPSA) is 75.1 Å². The summed E-state index contributed by atoms with van der Waals surface area (Å²) < 4.78 is 0. The van der Waals surface area contributed by atoms with Crippen molar-refractivity contribution in [2.75, 3.05) is 5.32 Å². The highest BCUT2D eigenvalue weighted by atomic mass is 16.3. The van der Waals surface area contributed by atoms with E-state index in [0.717, 1.165) is 11.3 Å². The lowest BCUT2D eigenvalue weighted by atomic mass is 10.1. The molecule has 5 nitrogen and oxygen atoms in total. The molecule has 1 amide bonds. The number of hydrogen-bond acceptors (Lipinski definition) is 4. The highest BCUT2D eigenvalue weighted by Gasteiger charge is 2.09. The number of carbonyl (C=O) groups excluding carboxylic acids is 1. The molecule has 2 heterocycles. The summed E-state index contributed by atoms with van der Waals surface area (Å²) in [6.45, 7) is 1.98. The van der Waals surface area contributed by atoms with Crippen LogP contribution in [0.3, 0.4) is 0 Å². The Morgan fingerprint density at radius 1 is 1.00 bits per heavy atom. The van der Waals surface area contributed by atoms with Crippen molar-refractivity contribution in [3.8, 4) is 17.1 Å². The first kappa shape index (κ1) is 14.7. The molecule has 0 saturated heterocycles. The molecule has 0 atom stereocenters. The van der Waals surface area contributed by atoms with Crippen LogP contribution in [0.5, 0.6) is 5.75 Å². The van der Waals surface area contributed by atoms with E-state index in [2.05, 4.69) is 15.3 Å². The zero-order valence-corrected chi connectivity index (χ0v) is 12.5. The Kier molecular flexibility index (Phi) is 4.01. The number of carbonyl (C=O) groups is 1. The van der Waals surface area contributed by atoms with Crippen LogP contribution in [0.2, 0.25) is 0 Å². The normalized spacial score (nSPS) is 10.3. The van der Waals surface area contributed by atoms with E-state index in [1.807, 2.05) is 19.1 Å². The first-order valence-corrected chi connectivity index (χ1v) is 7.11. The van der Waals surface area contributed by atoms with Gasteiger partial charge in [0.2, 0.25) is 0 Å². The Bertz CT molecular complexity index is 862. The minimum Gasteiger partial charge on any atom is -0.508 e. The number of aromatic nitrogens is 2. The van der Waals surface area contributed by atoms with Gasteiger partial charge in [-0.1, -0.05) is 6.07 Å². The minimum absolute atomic E-state index is 0.0992. The number of phenolic OH excluding ortho intramolecular Hbond substituents is 1. The monoisotopic (exact) mass is 305 g/mol. The highest BCUT2D eigenvalue weighted by Crippen LogP contribution is 2.19. The molecule has 0 aliphatic carbocycles. The number of benzene rings is 1. The molecule has 23 heavy (non-hydrogen) atoms. The van der Waals surface area contributed by atoms with E-state index in [9.17, 15) is 9.90 Å². The lowest BCUT2D eigenvalue weighted by Gasteiger charge is -2.07. The second-order valence-electron chi connectivity index (χ2n) is 5.15. The fourth-order valence-corrected chi connectivity index (χ4v) is 2.18. The van der Waals surface area contributed by atoms with Gasteiger partial charge in [-0.05, 0) is 48.9 Å². The SMILES string of the molecule is Cc1ccnc(-c2cc(C(=O)Nc3cccc(O)c3)ccn2)c1. The maximum Gasteiger partial charge on any atom is 0.255 e. The van der Waals surface area contributed by atoms with E-state index in [-0.39, 0.29) is 11.7 Å². The molecule has 0 fully saturated rings. The number of phenols is 1. The lowest BCUT2D eigenvalue weighted by molar-refractivity contribution is 0.102. The molecule has 1 aromatic carbocycles. The second kappa shape index (κ2) is 6.27. The lowest BCUT2D eigenvalue weighted by Crippen LogP contribution is -2.12. The first-order chi connectivity index (χ1) is 11.1. The van der Waals surface area contributed by atoms with Crippen LogP contribution in [0, 0.1) is 6.92 Å². The summed E-state index contributed by atoms with van der Waals surface area (Å²) in [5, 5.41) is 12.2. The van der Waals surface area contributed by atoms with Crippen molar-refractivity contribution in [1.82, 2.24) is 9.97 Å². The average Bonchev–Trinajstić information content (AvgIpc) is 2.55. The van der Waals surface area contributed by atoms with Crippen LogP contribution in [-0.4, -0.2) is 21.0 Å². The second-order valence-corrected chi connectivity index (χ2v) is 5.15. The number of amides is 1. The molecule has 0 radical (unpaired) electrons. The van der Waals surface area contributed by atoms with Crippen LogP contribution >= 0.6 is 0 Å². The minimum atomic E-state index is -0.271. The molecular weight excluding hydrogens is 290 g/mol. The van der Waals surface area contributed by atoms with E-state index in [1.54, 1.807) is 42.7 Å². The average molecular weight is 305 g/mol. The Hall–Kier alpha value is -3.21. The number of rotatable bonds is 3. The zero-order valence-electron chi connectivity index (χ0n) is 12.5. The standard InChI is InChI=1S/C18H15N3O2/c1-12-5-7-19-16(9-12)17-10-13(6-8-20-17)18(23)21-14-3-2-4-15(22)11-14/h2-11,22H,1H3,(H,21,23). The van der Waals surface area contributed by atoms with Crippen molar-refractivity contribution in [3.05, 3.63) is 72.1 Å². The van der Waals surface area contributed by atoms with Gasteiger partial charge in [0.1, 0.15) is 5.75 Å². The summed E-state index contributed by atoms with van der Waals surface area (Å²) in [5.41, 5.74) is 3.43. The number of hydrogen-bond donors (Lipinski definition) is 2. The molecule has 2 N–H and O–H groups in total. The third kappa shape index (κ3) is 3.52. The predicted octanol–water partition coefficient (Wildman–Crippen LogP) is 3.41. The van der Waals surface area contributed by atoms with Gasteiger partial charge in [-0.3, -0.25) is 14.8 Å². The van der Waals surface area contributed by atoms with Crippen LogP contribution in [-0.2, 0) is 0 Å². The molecule has 0 aliphatic rings. The van der Waals surface area contributed by atoms with Crippen molar-refractivity contribution < 1.29 is 9.90 Å². The van der Waals surface area contributed by atoms with Crippen molar-refractivity contribution >= 4 is 11.6 Å². The van der Waals surface area contributed by atoms with E-state index in [0.29, 0.717) is 16.9 Å². The summed E-state index contributed by atoms with van der Waals surface area (Å²) in [7, 11) is 0. The molecular formula is C18H15N3O2. The van der Waals surface area contributed by atoms with Crippen LogP contribution in [0.1, 0.15) is 15.9 Å². The number of nitrogens with one attached hydrogen (secondary N) is 1. The molecule has 3 aromatic rings. The van der Waals surface area contributed by atoms with Crippen molar-refractivity contribution in [2.24, 2.45) is 0 Å². The highest BCUT2D eigenvalue weighted by molar-refractivity contribution is 6.04. The smallest absolute Gasteiger partial charge is 0.255 e. The summed E-state index contributed by atoms with van der Waals surface area (Å²) in [6.07, 6.45) is 3.29. The van der Waals surface area contributed by atoms with Gasteiger partial charge in [-0.15, -0.1) is 0 Å². The van der Waals surface area contributed by atoms with E-state index < -0.39 is 0 Å². The summed E-state index contributed by atoms with van der Waals surface area (Å²) in [5.74, 6) is -0.172. The third-order valence-electron chi connectivity index (χ3n) is 3.30. The summed E-state index contributed by atoms with van der Waals surface area (Å²) >= 11 is 0. The van der Waals surface area contributed by atoms with Gasteiger partial charge in [-0.2, -0.15) is 0 Å². The third-order valence-corrected chi connectivity index (χ3v) is 3.30. The Labute approximate surface area is 133 Å². The quantitative estimate of drug-likeness (QED) is 0.777. The van der Waals surface area contributed by atoms with E-state index in [4.69, 9.17) is 0 Å². The van der Waals surface area contributed by atoms with Gasteiger partial charge >= 0.3 is 0 Å². The fourth-order valence-electron chi connectivity index (χ4n) is 2.18.